The van der Waals surface area contributed by atoms with Crippen molar-refractivity contribution in [1.82, 2.24) is 4.90 Å². The quantitative estimate of drug-likeness (QED) is 0.847. The van der Waals surface area contributed by atoms with Gasteiger partial charge in [0.1, 0.15) is 0 Å². The van der Waals surface area contributed by atoms with Gasteiger partial charge < -0.3 is 10.8 Å². The molecule has 0 aromatic heterocycles. The maximum Gasteiger partial charge on any atom is 0.0516 e. The third-order valence-corrected chi connectivity index (χ3v) is 4.94. The number of halogens is 1. The van der Waals surface area contributed by atoms with E-state index in [-0.39, 0.29) is 18.7 Å². The van der Waals surface area contributed by atoms with Crippen LogP contribution in [0.3, 0.4) is 0 Å². The molecule has 0 bridgehead atoms. The molecule has 3 unspecified atom stereocenters. The molecule has 1 saturated heterocycles. The Morgan fingerprint density at radius 1 is 1.38 bits per heavy atom. The Balaban J connectivity index is 2.32. The lowest BCUT2D eigenvalue weighted by Gasteiger charge is -2.44. The number of nitrogens with zero attached hydrogens (tertiary/aromatic N) is 1. The van der Waals surface area contributed by atoms with Crippen LogP contribution in [0.25, 0.3) is 0 Å². The zero-order valence-corrected chi connectivity index (χ0v) is 13.6. The Kier molecular flexibility index (Phi) is 6.49. The summed E-state index contributed by atoms with van der Waals surface area (Å²) >= 11 is 6.43. The zero-order chi connectivity index (χ0) is 15.2. The molecule has 0 aliphatic carbocycles. The largest absolute Gasteiger partial charge is 0.396 e. The predicted octanol–water partition coefficient (Wildman–Crippen LogP) is 3.36. The highest BCUT2D eigenvalue weighted by Crippen LogP contribution is 2.35. The minimum absolute atomic E-state index is 0.0594. The second-order valence-electron chi connectivity index (χ2n) is 5.94. The molecule has 3 N–H and O–H groups in total. The Bertz CT molecular complexity index is 439. The van der Waals surface area contributed by atoms with Gasteiger partial charge in [0.15, 0.2) is 0 Å². The molecule has 0 spiro atoms. The highest BCUT2D eigenvalue weighted by atomic mass is 35.5. The minimum atomic E-state index is 0.0594. The van der Waals surface area contributed by atoms with E-state index in [9.17, 15) is 5.11 Å². The van der Waals surface area contributed by atoms with E-state index < -0.39 is 0 Å². The molecule has 0 saturated carbocycles. The van der Waals surface area contributed by atoms with Gasteiger partial charge in [0, 0.05) is 23.7 Å². The van der Waals surface area contributed by atoms with Crippen LogP contribution in [0, 0.1) is 0 Å². The predicted molar refractivity (Wildman–Crippen MR) is 88.5 cm³/mol. The Labute approximate surface area is 133 Å². The van der Waals surface area contributed by atoms with E-state index >= 15 is 0 Å². The first-order valence-electron chi connectivity index (χ1n) is 8.05. The molecule has 0 amide bonds. The Hall–Kier alpha value is -0.610. The van der Waals surface area contributed by atoms with Crippen molar-refractivity contribution in [3.05, 3.63) is 34.9 Å². The van der Waals surface area contributed by atoms with Crippen LogP contribution >= 0.6 is 11.6 Å². The molecule has 3 atom stereocenters. The van der Waals surface area contributed by atoms with Crippen LogP contribution in [0.2, 0.25) is 5.02 Å². The number of likely N-dealkylation sites (tertiary alicyclic amines) is 1. The SMILES string of the molecule is CCC(N)C(c1ccccc1Cl)N1CCCCC1CCO. The van der Waals surface area contributed by atoms with E-state index in [2.05, 4.69) is 17.9 Å². The van der Waals surface area contributed by atoms with Crippen molar-refractivity contribution in [2.45, 2.75) is 57.2 Å². The van der Waals surface area contributed by atoms with Crippen molar-refractivity contribution < 1.29 is 5.11 Å². The molecule has 1 fully saturated rings. The molecular formula is C17H27ClN2O. The number of aliphatic hydroxyl groups is 1. The van der Waals surface area contributed by atoms with Crippen LogP contribution in [-0.4, -0.2) is 35.2 Å². The number of benzene rings is 1. The molecule has 3 nitrogen and oxygen atoms in total. The molecule has 1 aromatic rings. The van der Waals surface area contributed by atoms with Gasteiger partial charge in [-0.05, 0) is 43.9 Å². The number of piperidine rings is 1. The van der Waals surface area contributed by atoms with Gasteiger partial charge in [-0.1, -0.05) is 43.1 Å². The number of nitrogens with two attached hydrogens (primary N) is 1. The summed E-state index contributed by atoms with van der Waals surface area (Å²) in [7, 11) is 0. The standard InChI is InChI=1S/C17H27ClN2O/c1-2-16(19)17(14-8-3-4-9-15(14)18)20-11-6-5-7-13(20)10-12-21/h3-4,8-9,13,16-17,21H,2,5-7,10-12,19H2,1H3. The summed E-state index contributed by atoms with van der Waals surface area (Å²) in [5.41, 5.74) is 7.57. The van der Waals surface area contributed by atoms with Crippen molar-refractivity contribution >= 4 is 11.6 Å². The summed E-state index contributed by atoms with van der Waals surface area (Å²) in [6, 6.07) is 8.63. The third-order valence-electron chi connectivity index (χ3n) is 4.59. The van der Waals surface area contributed by atoms with Crippen LogP contribution in [0.5, 0.6) is 0 Å². The summed E-state index contributed by atoms with van der Waals surface area (Å²) in [6.45, 7) is 3.39. The molecule has 1 aromatic carbocycles. The van der Waals surface area contributed by atoms with Crippen LogP contribution in [-0.2, 0) is 0 Å². The number of aliphatic hydroxyl groups excluding tert-OH is 1. The third kappa shape index (κ3) is 3.98. The lowest BCUT2D eigenvalue weighted by molar-refractivity contribution is 0.0619. The van der Waals surface area contributed by atoms with Gasteiger partial charge in [-0.25, -0.2) is 0 Å². The fourth-order valence-corrected chi connectivity index (χ4v) is 3.69. The monoisotopic (exact) mass is 310 g/mol. The van der Waals surface area contributed by atoms with E-state index in [1.54, 1.807) is 0 Å². The molecule has 1 heterocycles. The second kappa shape index (κ2) is 8.14. The smallest absolute Gasteiger partial charge is 0.0516 e. The highest BCUT2D eigenvalue weighted by molar-refractivity contribution is 6.31. The highest BCUT2D eigenvalue weighted by Gasteiger charge is 2.33. The molecule has 1 aliphatic heterocycles. The molecule has 21 heavy (non-hydrogen) atoms. The summed E-state index contributed by atoms with van der Waals surface area (Å²) in [6.07, 6.45) is 5.30. The summed E-state index contributed by atoms with van der Waals surface area (Å²) < 4.78 is 0. The molecule has 0 radical (unpaired) electrons. The number of hydrogen-bond donors (Lipinski definition) is 2. The second-order valence-corrected chi connectivity index (χ2v) is 6.35. The maximum atomic E-state index is 9.36. The molecule has 4 heteroatoms. The fourth-order valence-electron chi connectivity index (χ4n) is 3.44. The van der Waals surface area contributed by atoms with Gasteiger partial charge in [0.2, 0.25) is 0 Å². The van der Waals surface area contributed by atoms with Crippen molar-refractivity contribution in [2.75, 3.05) is 13.2 Å². The van der Waals surface area contributed by atoms with Crippen molar-refractivity contribution in [1.29, 1.82) is 0 Å². The van der Waals surface area contributed by atoms with E-state index in [0.29, 0.717) is 6.04 Å². The van der Waals surface area contributed by atoms with E-state index in [4.69, 9.17) is 17.3 Å². The lowest BCUT2D eigenvalue weighted by atomic mass is 9.90. The average Bonchev–Trinajstić information content (AvgIpc) is 2.51. The van der Waals surface area contributed by atoms with Gasteiger partial charge in [0.25, 0.3) is 0 Å². The lowest BCUT2D eigenvalue weighted by Crippen LogP contribution is -2.48. The van der Waals surface area contributed by atoms with E-state index in [1.807, 2.05) is 18.2 Å². The summed E-state index contributed by atoms with van der Waals surface area (Å²) in [4.78, 5) is 2.48. The summed E-state index contributed by atoms with van der Waals surface area (Å²) in [5.74, 6) is 0. The average molecular weight is 311 g/mol. The zero-order valence-electron chi connectivity index (χ0n) is 12.8. The molecule has 118 valence electrons. The number of rotatable bonds is 6. The fraction of sp³-hybridized carbons (Fsp3) is 0.647. The van der Waals surface area contributed by atoms with Crippen molar-refractivity contribution in [3.63, 3.8) is 0 Å². The first-order chi connectivity index (χ1) is 10.2. The maximum absolute atomic E-state index is 9.36. The van der Waals surface area contributed by atoms with Crippen LogP contribution < -0.4 is 5.73 Å². The van der Waals surface area contributed by atoms with Gasteiger partial charge in [0.05, 0.1) is 6.04 Å². The minimum Gasteiger partial charge on any atom is -0.396 e. The Morgan fingerprint density at radius 3 is 2.81 bits per heavy atom. The summed E-state index contributed by atoms with van der Waals surface area (Å²) in [5, 5.41) is 10.1. The molecule has 2 rings (SSSR count). The van der Waals surface area contributed by atoms with Gasteiger partial charge in [-0.15, -0.1) is 0 Å². The van der Waals surface area contributed by atoms with Gasteiger partial charge >= 0.3 is 0 Å². The number of hydrogen-bond acceptors (Lipinski definition) is 3. The first-order valence-corrected chi connectivity index (χ1v) is 8.43. The van der Waals surface area contributed by atoms with Crippen LogP contribution in [0.4, 0.5) is 0 Å². The Morgan fingerprint density at radius 2 is 2.14 bits per heavy atom. The first kappa shape index (κ1) is 16.8. The normalized spacial score (nSPS) is 23.0. The van der Waals surface area contributed by atoms with Crippen molar-refractivity contribution in [3.8, 4) is 0 Å². The van der Waals surface area contributed by atoms with Crippen LogP contribution in [0.1, 0.15) is 50.6 Å². The van der Waals surface area contributed by atoms with Crippen molar-refractivity contribution in [2.24, 2.45) is 5.73 Å². The van der Waals surface area contributed by atoms with Gasteiger partial charge in [-0.3, -0.25) is 4.90 Å². The van der Waals surface area contributed by atoms with E-state index in [0.717, 1.165) is 36.4 Å². The van der Waals surface area contributed by atoms with Gasteiger partial charge in [-0.2, -0.15) is 0 Å². The van der Waals surface area contributed by atoms with Crippen LogP contribution in [0.15, 0.2) is 24.3 Å². The van der Waals surface area contributed by atoms with E-state index in [1.165, 1.54) is 12.8 Å². The molecule has 1 aliphatic rings. The topological polar surface area (TPSA) is 49.5 Å². The molecular weight excluding hydrogens is 284 g/mol.